The molecular weight excluding hydrogens is 248 g/mol. The SMILES string of the molecule is CCC(C)NS(=O)(=O)Cc1cccc(CNC)c1. The number of nitrogens with one attached hydrogen (secondary N) is 2. The smallest absolute Gasteiger partial charge is 0.216 e. The molecule has 0 saturated heterocycles. The number of hydrogen-bond donors (Lipinski definition) is 2. The van der Waals surface area contributed by atoms with E-state index in [9.17, 15) is 8.42 Å². The molecule has 0 aliphatic carbocycles. The predicted molar refractivity (Wildman–Crippen MR) is 74.7 cm³/mol. The minimum atomic E-state index is -3.25. The molecule has 5 heteroatoms. The average molecular weight is 270 g/mol. The molecule has 0 amide bonds. The fourth-order valence-electron chi connectivity index (χ4n) is 1.68. The average Bonchev–Trinajstić information content (AvgIpc) is 2.28. The Morgan fingerprint density at radius 2 is 1.94 bits per heavy atom. The highest BCUT2D eigenvalue weighted by molar-refractivity contribution is 7.88. The lowest BCUT2D eigenvalue weighted by atomic mass is 10.1. The number of sulfonamides is 1. The molecule has 0 bridgehead atoms. The van der Waals surface area contributed by atoms with Crippen molar-refractivity contribution in [1.82, 2.24) is 10.0 Å². The summed E-state index contributed by atoms with van der Waals surface area (Å²) in [5.41, 5.74) is 1.91. The lowest BCUT2D eigenvalue weighted by Crippen LogP contribution is -2.33. The van der Waals surface area contributed by atoms with E-state index in [1.165, 1.54) is 0 Å². The molecule has 102 valence electrons. The van der Waals surface area contributed by atoms with Crippen molar-refractivity contribution in [3.63, 3.8) is 0 Å². The van der Waals surface area contributed by atoms with Crippen molar-refractivity contribution in [1.29, 1.82) is 0 Å². The van der Waals surface area contributed by atoms with Gasteiger partial charge in [-0.2, -0.15) is 0 Å². The van der Waals surface area contributed by atoms with Crippen LogP contribution in [0.4, 0.5) is 0 Å². The Kier molecular flexibility index (Phi) is 5.78. The van der Waals surface area contributed by atoms with Gasteiger partial charge < -0.3 is 5.32 Å². The van der Waals surface area contributed by atoms with Crippen molar-refractivity contribution in [3.05, 3.63) is 35.4 Å². The van der Waals surface area contributed by atoms with E-state index in [2.05, 4.69) is 10.0 Å². The van der Waals surface area contributed by atoms with Gasteiger partial charge in [-0.15, -0.1) is 0 Å². The zero-order chi connectivity index (χ0) is 13.6. The van der Waals surface area contributed by atoms with Gasteiger partial charge in [-0.3, -0.25) is 0 Å². The first-order valence-electron chi connectivity index (χ1n) is 6.19. The number of hydrogen-bond acceptors (Lipinski definition) is 3. The van der Waals surface area contributed by atoms with Crippen LogP contribution in [0.5, 0.6) is 0 Å². The second kappa shape index (κ2) is 6.87. The van der Waals surface area contributed by atoms with Crippen LogP contribution in [-0.2, 0) is 22.3 Å². The van der Waals surface area contributed by atoms with Crippen molar-refractivity contribution >= 4 is 10.0 Å². The third-order valence-corrected chi connectivity index (χ3v) is 4.20. The Bertz CT molecular complexity index is 472. The molecule has 1 unspecified atom stereocenters. The Hall–Kier alpha value is -0.910. The first-order valence-corrected chi connectivity index (χ1v) is 7.84. The van der Waals surface area contributed by atoms with Gasteiger partial charge in [0.05, 0.1) is 5.75 Å². The van der Waals surface area contributed by atoms with Crippen molar-refractivity contribution in [2.45, 2.75) is 38.6 Å². The molecule has 0 radical (unpaired) electrons. The molecule has 0 spiro atoms. The van der Waals surface area contributed by atoms with E-state index in [1.807, 2.05) is 45.2 Å². The van der Waals surface area contributed by atoms with E-state index in [1.54, 1.807) is 0 Å². The second-order valence-electron chi connectivity index (χ2n) is 4.54. The molecule has 0 fully saturated rings. The highest BCUT2D eigenvalue weighted by atomic mass is 32.2. The van der Waals surface area contributed by atoms with Crippen molar-refractivity contribution in [2.24, 2.45) is 0 Å². The van der Waals surface area contributed by atoms with Crippen LogP contribution in [0.3, 0.4) is 0 Å². The van der Waals surface area contributed by atoms with E-state index in [0.717, 1.165) is 24.1 Å². The first-order chi connectivity index (χ1) is 8.46. The normalized spacial score (nSPS) is 13.5. The largest absolute Gasteiger partial charge is 0.316 e. The number of rotatable bonds is 7. The van der Waals surface area contributed by atoms with Crippen LogP contribution in [0.25, 0.3) is 0 Å². The van der Waals surface area contributed by atoms with Crippen LogP contribution in [0.15, 0.2) is 24.3 Å². The van der Waals surface area contributed by atoms with E-state index < -0.39 is 10.0 Å². The predicted octanol–water partition coefficient (Wildman–Crippen LogP) is 1.62. The van der Waals surface area contributed by atoms with Gasteiger partial charge in [0, 0.05) is 12.6 Å². The first kappa shape index (κ1) is 15.1. The summed E-state index contributed by atoms with van der Waals surface area (Å²) >= 11 is 0. The van der Waals surface area contributed by atoms with Crippen LogP contribution >= 0.6 is 0 Å². The maximum absolute atomic E-state index is 11.9. The van der Waals surface area contributed by atoms with Crippen LogP contribution in [0.1, 0.15) is 31.4 Å². The maximum atomic E-state index is 11.9. The standard InChI is InChI=1S/C13H22N2O2S/c1-4-11(2)15-18(16,17)10-13-7-5-6-12(8-13)9-14-3/h5-8,11,14-15H,4,9-10H2,1-3H3. The lowest BCUT2D eigenvalue weighted by Gasteiger charge is -2.12. The van der Waals surface area contributed by atoms with E-state index in [4.69, 9.17) is 0 Å². The Balaban J connectivity index is 2.74. The fraction of sp³-hybridized carbons (Fsp3) is 0.538. The maximum Gasteiger partial charge on any atom is 0.216 e. The van der Waals surface area contributed by atoms with Crippen LogP contribution in [-0.4, -0.2) is 21.5 Å². The summed E-state index contributed by atoms with van der Waals surface area (Å²) in [5, 5.41) is 3.05. The molecule has 1 rings (SSSR count). The van der Waals surface area contributed by atoms with Gasteiger partial charge in [0.15, 0.2) is 0 Å². The molecule has 2 N–H and O–H groups in total. The monoisotopic (exact) mass is 270 g/mol. The van der Waals surface area contributed by atoms with Crippen molar-refractivity contribution < 1.29 is 8.42 Å². The van der Waals surface area contributed by atoms with E-state index >= 15 is 0 Å². The highest BCUT2D eigenvalue weighted by Crippen LogP contribution is 2.09. The number of benzene rings is 1. The summed E-state index contributed by atoms with van der Waals surface area (Å²) in [6.45, 7) is 4.57. The van der Waals surface area contributed by atoms with Gasteiger partial charge in [-0.1, -0.05) is 31.2 Å². The Labute approximate surface area is 110 Å². The molecule has 0 aliphatic rings. The van der Waals surface area contributed by atoms with Crippen LogP contribution in [0, 0.1) is 0 Å². The van der Waals surface area contributed by atoms with Gasteiger partial charge in [-0.05, 0) is 31.5 Å². The summed E-state index contributed by atoms with van der Waals surface area (Å²) in [6.07, 6.45) is 0.791. The zero-order valence-corrected chi connectivity index (χ0v) is 12.0. The molecule has 18 heavy (non-hydrogen) atoms. The Morgan fingerprint density at radius 1 is 1.28 bits per heavy atom. The summed E-state index contributed by atoms with van der Waals surface area (Å²) < 4.78 is 26.5. The van der Waals surface area contributed by atoms with E-state index in [0.29, 0.717) is 0 Å². The molecule has 1 aromatic rings. The lowest BCUT2D eigenvalue weighted by molar-refractivity contribution is 0.555. The van der Waals surface area contributed by atoms with Gasteiger partial charge >= 0.3 is 0 Å². The van der Waals surface area contributed by atoms with Gasteiger partial charge in [0.25, 0.3) is 0 Å². The fourth-order valence-corrected chi connectivity index (χ4v) is 3.17. The molecule has 0 aliphatic heterocycles. The summed E-state index contributed by atoms with van der Waals surface area (Å²) in [5.74, 6) is 0.0366. The zero-order valence-electron chi connectivity index (χ0n) is 11.2. The summed E-state index contributed by atoms with van der Waals surface area (Å²) in [6, 6.07) is 7.62. The summed E-state index contributed by atoms with van der Waals surface area (Å²) in [4.78, 5) is 0. The van der Waals surface area contributed by atoms with Crippen LogP contribution in [0.2, 0.25) is 0 Å². The molecule has 0 aromatic heterocycles. The molecule has 0 saturated carbocycles. The molecule has 1 atom stereocenters. The van der Waals surface area contributed by atoms with Gasteiger partial charge in [0.2, 0.25) is 10.0 Å². The minimum absolute atomic E-state index is 0.0181. The topological polar surface area (TPSA) is 58.2 Å². The summed E-state index contributed by atoms with van der Waals surface area (Å²) in [7, 11) is -1.38. The molecular formula is C13H22N2O2S. The third-order valence-electron chi connectivity index (χ3n) is 2.72. The third kappa shape index (κ3) is 5.16. The Morgan fingerprint density at radius 3 is 2.56 bits per heavy atom. The second-order valence-corrected chi connectivity index (χ2v) is 6.29. The highest BCUT2D eigenvalue weighted by Gasteiger charge is 2.14. The minimum Gasteiger partial charge on any atom is -0.316 e. The quantitative estimate of drug-likeness (QED) is 0.791. The molecule has 1 aromatic carbocycles. The van der Waals surface area contributed by atoms with Crippen molar-refractivity contribution in [3.8, 4) is 0 Å². The van der Waals surface area contributed by atoms with E-state index in [-0.39, 0.29) is 11.8 Å². The van der Waals surface area contributed by atoms with Gasteiger partial charge in [-0.25, -0.2) is 13.1 Å². The van der Waals surface area contributed by atoms with Gasteiger partial charge in [0.1, 0.15) is 0 Å². The molecule has 4 nitrogen and oxygen atoms in total. The molecule has 0 heterocycles. The van der Waals surface area contributed by atoms with Crippen LogP contribution < -0.4 is 10.0 Å². The van der Waals surface area contributed by atoms with Crippen molar-refractivity contribution in [2.75, 3.05) is 7.05 Å².